The fourth-order valence-electron chi connectivity index (χ4n) is 1.31. The molecule has 0 saturated heterocycles. The van der Waals surface area contributed by atoms with Gasteiger partial charge in [-0.15, -0.1) is 0 Å². The van der Waals surface area contributed by atoms with Crippen molar-refractivity contribution in [2.45, 2.75) is 34.6 Å². The van der Waals surface area contributed by atoms with Crippen molar-refractivity contribution in [3.8, 4) is 0 Å². The average molecular weight is 185 g/mol. The molecule has 0 atom stereocenters. The van der Waals surface area contributed by atoms with Gasteiger partial charge in [0.15, 0.2) is 0 Å². The maximum Gasteiger partial charge on any atom is 0.122 e. The van der Waals surface area contributed by atoms with Crippen LogP contribution < -0.4 is 0 Å². The zero-order valence-electron chi connectivity index (χ0n) is 9.22. The molecule has 0 aromatic heterocycles. The summed E-state index contributed by atoms with van der Waals surface area (Å²) in [5.74, 6) is 0.752. The highest BCUT2D eigenvalue weighted by Crippen LogP contribution is 2.08. The van der Waals surface area contributed by atoms with Crippen LogP contribution in [0.3, 0.4) is 0 Å². The van der Waals surface area contributed by atoms with E-state index in [0.717, 1.165) is 5.92 Å². The summed E-state index contributed by atoms with van der Waals surface area (Å²) >= 11 is 0. The second-order valence-corrected chi connectivity index (χ2v) is 5.51. The molecule has 0 bridgehead atoms. The summed E-state index contributed by atoms with van der Waals surface area (Å²) in [6.45, 7) is 13.7. The molecule has 0 heterocycles. The second-order valence-electron chi connectivity index (χ2n) is 3.48. The van der Waals surface area contributed by atoms with E-state index in [0.29, 0.717) is 0 Å². The van der Waals surface area contributed by atoms with Crippen LogP contribution in [0.25, 0.3) is 0 Å². The van der Waals surface area contributed by atoms with Gasteiger partial charge in [-0.25, -0.2) is 0 Å². The smallest absolute Gasteiger partial charge is 0.122 e. The standard InChI is InChI=1S/C10H23NSi/c1-6-10(9(4)5)12-11(7-2)8-3/h6,9H,7-8,12H2,1-5H3. The van der Waals surface area contributed by atoms with Crippen molar-refractivity contribution < 1.29 is 0 Å². The highest BCUT2D eigenvalue weighted by Gasteiger charge is 2.06. The first kappa shape index (κ1) is 11.9. The van der Waals surface area contributed by atoms with Gasteiger partial charge in [-0.2, -0.15) is 0 Å². The maximum atomic E-state index is 2.59. The van der Waals surface area contributed by atoms with Crippen molar-refractivity contribution in [3.63, 3.8) is 0 Å². The Balaban J connectivity index is 4.01. The molecular weight excluding hydrogens is 162 g/mol. The predicted molar refractivity (Wildman–Crippen MR) is 60.1 cm³/mol. The quantitative estimate of drug-likeness (QED) is 0.592. The van der Waals surface area contributed by atoms with E-state index >= 15 is 0 Å². The van der Waals surface area contributed by atoms with Gasteiger partial charge in [0.1, 0.15) is 9.68 Å². The molecular formula is C10H23NSi. The Morgan fingerprint density at radius 3 is 2.08 bits per heavy atom. The van der Waals surface area contributed by atoms with Crippen LogP contribution in [0, 0.1) is 5.92 Å². The number of hydrogen-bond acceptors (Lipinski definition) is 1. The fourth-order valence-corrected chi connectivity index (χ4v) is 2.82. The van der Waals surface area contributed by atoms with E-state index in [1.165, 1.54) is 13.1 Å². The number of nitrogens with zero attached hydrogens (tertiary/aromatic N) is 1. The second kappa shape index (κ2) is 6.43. The maximum absolute atomic E-state index is 2.59. The van der Waals surface area contributed by atoms with Crippen LogP contribution in [0.1, 0.15) is 34.6 Å². The summed E-state index contributed by atoms with van der Waals surface area (Å²) in [7, 11) is -0.114. The third kappa shape index (κ3) is 4.07. The van der Waals surface area contributed by atoms with E-state index in [1.807, 2.05) is 0 Å². The van der Waals surface area contributed by atoms with E-state index in [-0.39, 0.29) is 9.68 Å². The van der Waals surface area contributed by atoms with Crippen molar-refractivity contribution >= 4 is 9.68 Å². The summed E-state index contributed by atoms with van der Waals surface area (Å²) in [6, 6.07) is 0. The van der Waals surface area contributed by atoms with Gasteiger partial charge in [0.05, 0.1) is 0 Å². The number of hydrogen-bond donors (Lipinski definition) is 0. The minimum Gasteiger partial charge on any atom is -0.326 e. The molecule has 0 aromatic carbocycles. The molecule has 72 valence electrons. The van der Waals surface area contributed by atoms with Gasteiger partial charge in [0.25, 0.3) is 0 Å². The normalized spacial score (nSPS) is 14.1. The van der Waals surface area contributed by atoms with Gasteiger partial charge in [0, 0.05) is 0 Å². The van der Waals surface area contributed by atoms with E-state index in [1.54, 1.807) is 5.20 Å². The van der Waals surface area contributed by atoms with Crippen LogP contribution in [0.5, 0.6) is 0 Å². The van der Waals surface area contributed by atoms with E-state index in [4.69, 9.17) is 0 Å². The Labute approximate surface area is 79.7 Å². The van der Waals surface area contributed by atoms with E-state index < -0.39 is 0 Å². The van der Waals surface area contributed by atoms with Crippen molar-refractivity contribution in [3.05, 3.63) is 11.3 Å². The molecule has 0 spiro atoms. The zero-order valence-corrected chi connectivity index (χ0v) is 10.6. The van der Waals surface area contributed by atoms with Crippen LogP contribution in [-0.4, -0.2) is 27.3 Å². The monoisotopic (exact) mass is 185 g/mol. The topological polar surface area (TPSA) is 3.24 Å². The molecule has 0 unspecified atom stereocenters. The Bertz CT molecular complexity index is 137. The highest BCUT2D eigenvalue weighted by molar-refractivity contribution is 6.42. The zero-order chi connectivity index (χ0) is 9.56. The SMILES string of the molecule is CC=C([SiH2]N(CC)CC)C(C)C. The van der Waals surface area contributed by atoms with Crippen molar-refractivity contribution in [1.29, 1.82) is 0 Å². The minimum absolute atomic E-state index is 0.114. The molecule has 0 aliphatic heterocycles. The molecule has 0 aliphatic carbocycles. The van der Waals surface area contributed by atoms with Gasteiger partial charge >= 0.3 is 0 Å². The predicted octanol–water partition coefficient (Wildman–Crippen LogP) is 1.97. The molecule has 2 heteroatoms. The highest BCUT2D eigenvalue weighted by atomic mass is 28.2. The largest absolute Gasteiger partial charge is 0.326 e. The lowest BCUT2D eigenvalue weighted by atomic mass is 10.2. The minimum atomic E-state index is -0.114. The van der Waals surface area contributed by atoms with Gasteiger partial charge < -0.3 is 4.57 Å². The molecule has 0 N–H and O–H groups in total. The van der Waals surface area contributed by atoms with E-state index in [9.17, 15) is 0 Å². The third-order valence-corrected chi connectivity index (χ3v) is 5.34. The van der Waals surface area contributed by atoms with Crippen molar-refractivity contribution in [2.24, 2.45) is 5.92 Å². The number of rotatable bonds is 5. The first-order valence-corrected chi connectivity index (χ1v) is 6.37. The Morgan fingerprint density at radius 1 is 1.33 bits per heavy atom. The van der Waals surface area contributed by atoms with Crippen LogP contribution in [0.15, 0.2) is 11.3 Å². The molecule has 12 heavy (non-hydrogen) atoms. The molecule has 0 fully saturated rings. The molecule has 0 aliphatic rings. The summed E-state index contributed by atoms with van der Waals surface area (Å²) in [5, 5.41) is 1.69. The third-order valence-electron chi connectivity index (χ3n) is 2.41. The summed E-state index contributed by atoms with van der Waals surface area (Å²) < 4.78 is 2.59. The lowest BCUT2D eigenvalue weighted by Crippen LogP contribution is -2.30. The lowest BCUT2D eigenvalue weighted by molar-refractivity contribution is 0.493. The van der Waals surface area contributed by atoms with Gasteiger partial charge in [-0.3, -0.25) is 0 Å². The van der Waals surface area contributed by atoms with E-state index in [2.05, 4.69) is 45.3 Å². The van der Waals surface area contributed by atoms with Gasteiger partial charge in [-0.05, 0) is 25.9 Å². The summed E-state index contributed by atoms with van der Waals surface area (Å²) in [6.07, 6.45) is 2.31. The molecule has 0 amide bonds. The molecule has 0 rings (SSSR count). The average Bonchev–Trinajstić information content (AvgIpc) is 2.06. The fraction of sp³-hybridized carbons (Fsp3) is 0.800. The van der Waals surface area contributed by atoms with Gasteiger partial charge in [-0.1, -0.05) is 39.0 Å². The molecule has 1 nitrogen and oxygen atoms in total. The van der Waals surface area contributed by atoms with Crippen LogP contribution in [0.4, 0.5) is 0 Å². The molecule has 0 radical (unpaired) electrons. The van der Waals surface area contributed by atoms with Gasteiger partial charge in [0.2, 0.25) is 0 Å². The Kier molecular flexibility index (Phi) is 6.39. The lowest BCUT2D eigenvalue weighted by Gasteiger charge is -2.21. The first-order valence-electron chi connectivity index (χ1n) is 5.03. The van der Waals surface area contributed by atoms with Crippen LogP contribution >= 0.6 is 0 Å². The van der Waals surface area contributed by atoms with Crippen molar-refractivity contribution in [1.82, 2.24) is 4.57 Å². The Hall–Kier alpha value is -0.0831. The van der Waals surface area contributed by atoms with Crippen LogP contribution in [0.2, 0.25) is 0 Å². The summed E-state index contributed by atoms with van der Waals surface area (Å²) in [5.41, 5.74) is 0. The van der Waals surface area contributed by atoms with Crippen molar-refractivity contribution in [2.75, 3.05) is 13.1 Å². The summed E-state index contributed by atoms with van der Waals surface area (Å²) in [4.78, 5) is 0. The number of allylic oxidation sites excluding steroid dienone is 2. The Morgan fingerprint density at radius 2 is 1.83 bits per heavy atom. The first-order chi connectivity index (χ1) is 5.65. The molecule has 0 saturated carbocycles. The van der Waals surface area contributed by atoms with Crippen LogP contribution in [-0.2, 0) is 0 Å². The molecule has 0 aromatic rings.